The molecule has 3 rings (SSSR count). The number of methoxy groups -OCH3 is 1. The second kappa shape index (κ2) is 13.1. The minimum absolute atomic E-state index is 0.0879. The molecule has 0 radical (unpaired) electrons. The van der Waals surface area contributed by atoms with Crippen molar-refractivity contribution in [3.05, 3.63) is 48.6 Å². The largest absolute Gasteiger partial charge is 0.458 e. The minimum Gasteiger partial charge on any atom is -0.458 e. The zero-order valence-corrected chi connectivity index (χ0v) is 20.2. The molecule has 0 aromatic rings. The Balaban J connectivity index is 1.74. The van der Waals surface area contributed by atoms with E-state index >= 15 is 0 Å². The summed E-state index contributed by atoms with van der Waals surface area (Å²) in [6.45, 7) is 6.70. The quantitative estimate of drug-likeness (QED) is 0.282. The fraction of sp³-hybridized carbons (Fsp3) is 0.630. The normalized spacial score (nSPS) is 37.2. The summed E-state index contributed by atoms with van der Waals surface area (Å²) >= 11 is 0. The van der Waals surface area contributed by atoms with Crippen LogP contribution in [0.25, 0.3) is 0 Å². The number of aliphatic hydroxyl groups excluding tert-OH is 1. The third-order valence-electron chi connectivity index (χ3n) is 6.48. The summed E-state index contributed by atoms with van der Waals surface area (Å²) in [5.74, 6) is -0.774. The van der Waals surface area contributed by atoms with Crippen LogP contribution in [0.2, 0.25) is 0 Å². The van der Waals surface area contributed by atoms with Gasteiger partial charge in [0.2, 0.25) is 0 Å². The average molecular weight is 475 g/mol. The summed E-state index contributed by atoms with van der Waals surface area (Å²) in [6.07, 6.45) is 13.4. The Morgan fingerprint density at radius 2 is 2.06 bits per heavy atom. The van der Waals surface area contributed by atoms with Crippen LogP contribution < -0.4 is 0 Å². The van der Waals surface area contributed by atoms with Crippen LogP contribution >= 0.6 is 0 Å². The number of carbonyl (C=O) groups is 2. The zero-order chi connectivity index (χ0) is 24.5. The maximum atomic E-state index is 12.5. The van der Waals surface area contributed by atoms with Crippen molar-refractivity contribution in [1.82, 2.24) is 0 Å². The molecule has 1 fully saturated rings. The van der Waals surface area contributed by atoms with Crippen molar-refractivity contribution in [1.29, 1.82) is 0 Å². The van der Waals surface area contributed by atoms with Gasteiger partial charge in [-0.25, -0.2) is 4.79 Å². The van der Waals surface area contributed by atoms with E-state index in [4.69, 9.17) is 18.9 Å². The summed E-state index contributed by atoms with van der Waals surface area (Å²) in [4.78, 5) is 24.3. The molecule has 0 aromatic heterocycles. The van der Waals surface area contributed by atoms with Crippen molar-refractivity contribution < 1.29 is 33.6 Å². The van der Waals surface area contributed by atoms with Crippen molar-refractivity contribution in [2.75, 3.05) is 13.7 Å². The number of ether oxygens (including phenoxy) is 4. The summed E-state index contributed by atoms with van der Waals surface area (Å²) in [6, 6.07) is 0. The lowest BCUT2D eigenvalue weighted by molar-refractivity contribution is -0.146. The molecule has 188 valence electrons. The summed E-state index contributed by atoms with van der Waals surface area (Å²) in [5, 5.41) is 10.7. The molecule has 7 heteroatoms. The third kappa shape index (κ3) is 8.31. The molecule has 3 aliphatic heterocycles. The maximum Gasteiger partial charge on any atom is 0.330 e. The minimum atomic E-state index is -0.706. The number of cyclic esters (lactones) is 1. The molecule has 7 nitrogen and oxygen atoms in total. The van der Waals surface area contributed by atoms with E-state index in [1.54, 1.807) is 25.3 Å². The monoisotopic (exact) mass is 474 g/mol. The van der Waals surface area contributed by atoms with Gasteiger partial charge in [-0.1, -0.05) is 49.5 Å². The van der Waals surface area contributed by atoms with Crippen LogP contribution in [0.1, 0.15) is 45.4 Å². The van der Waals surface area contributed by atoms with Crippen LogP contribution in [0.5, 0.6) is 0 Å². The predicted octanol–water partition coefficient (Wildman–Crippen LogP) is 3.47. The first-order chi connectivity index (χ1) is 16.4. The molecule has 1 N–H and O–H groups in total. The highest BCUT2D eigenvalue weighted by molar-refractivity contribution is 5.82. The van der Waals surface area contributed by atoms with E-state index in [1.807, 2.05) is 6.08 Å². The lowest BCUT2D eigenvalue weighted by Gasteiger charge is -2.28. The van der Waals surface area contributed by atoms with Gasteiger partial charge < -0.3 is 28.8 Å². The Kier molecular flexibility index (Phi) is 10.3. The Morgan fingerprint density at radius 1 is 1.24 bits per heavy atom. The van der Waals surface area contributed by atoms with Gasteiger partial charge in [0.05, 0.1) is 36.9 Å². The predicted molar refractivity (Wildman–Crippen MR) is 128 cm³/mol. The first kappa shape index (κ1) is 26.5. The van der Waals surface area contributed by atoms with E-state index in [0.717, 1.165) is 31.1 Å². The van der Waals surface area contributed by atoms with Crippen molar-refractivity contribution in [3.63, 3.8) is 0 Å². The Bertz CT molecular complexity index is 786. The van der Waals surface area contributed by atoms with Crippen molar-refractivity contribution in [3.8, 4) is 0 Å². The van der Waals surface area contributed by atoms with Crippen molar-refractivity contribution >= 4 is 12.3 Å². The van der Waals surface area contributed by atoms with Crippen LogP contribution in [-0.2, 0) is 28.5 Å². The number of hydrogen-bond acceptors (Lipinski definition) is 7. The number of epoxide rings is 1. The van der Waals surface area contributed by atoms with E-state index in [0.29, 0.717) is 31.8 Å². The number of esters is 1. The second-order valence-electron chi connectivity index (χ2n) is 9.61. The number of rotatable bonds is 5. The number of aldehydes is 1. The Hall–Kier alpha value is -2.06. The van der Waals surface area contributed by atoms with Gasteiger partial charge in [0.25, 0.3) is 0 Å². The molecule has 0 spiro atoms. The number of carbonyl (C=O) groups excluding carboxylic acids is 2. The van der Waals surface area contributed by atoms with Gasteiger partial charge in [-0.05, 0) is 38.0 Å². The topological polar surface area (TPSA) is 94.6 Å². The van der Waals surface area contributed by atoms with Crippen LogP contribution in [-0.4, -0.2) is 67.7 Å². The van der Waals surface area contributed by atoms with Gasteiger partial charge in [0.1, 0.15) is 18.5 Å². The first-order valence-electron chi connectivity index (χ1n) is 12.2. The second-order valence-corrected chi connectivity index (χ2v) is 9.61. The van der Waals surface area contributed by atoms with Gasteiger partial charge in [-0.15, -0.1) is 0 Å². The highest BCUT2D eigenvalue weighted by Crippen LogP contribution is 2.35. The molecule has 1 saturated heterocycles. The smallest absolute Gasteiger partial charge is 0.330 e. The highest BCUT2D eigenvalue weighted by Gasteiger charge is 2.46. The van der Waals surface area contributed by atoms with Crippen molar-refractivity contribution in [2.45, 2.75) is 82.1 Å². The number of hydrogen-bond donors (Lipinski definition) is 1. The average Bonchev–Trinajstić information content (AvgIpc) is 3.55. The van der Waals surface area contributed by atoms with Gasteiger partial charge in [0, 0.05) is 19.6 Å². The van der Waals surface area contributed by atoms with Crippen LogP contribution in [0.15, 0.2) is 48.6 Å². The van der Waals surface area contributed by atoms with Crippen LogP contribution in [0, 0.1) is 11.8 Å². The lowest BCUT2D eigenvalue weighted by atomic mass is 9.90. The molecule has 0 aliphatic carbocycles. The summed E-state index contributed by atoms with van der Waals surface area (Å²) < 4.78 is 22.6. The SMILES string of the molecule is C=C1CC(C)C[C@@H]2CC=CC(C/C=C\C(=O)OC(C(C=O)/C=C/COC)C[C@@H]3OC3[C@@H](O)C1)O2. The molecule has 3 heterocycles. The number of fused-ring (bicyclic) bond motifs is 3. The van der Waals surface area contributed by atoms with E-state index in [1.165, 1.54) is 6.08 Å². The standard InChI is InChI=1S/C27H38O7/c1-18-13-19(2)15-23(29)27-25(34-27)16-24(20(17-28)7-6-12-31-3)33-26(30)11-5-9-21-8-4-10-22(14-18)32-21/h4-8,11,17-18,20-25,27,29H,2,9-10,12-16H2,1,3H3/b7-6+,11-5-/t18?,20?,21?,22-,23-,24?,25-,27?/m0/s1. The van der Waals surface area contributed by atoms with Crippen LogP contribution in [0.4, 0.5) is 0 Å². The molecule has 0 saturated carbocycles. The molecule has 8 atom stereocenters. The lowest BCUT2D eigenvalue weighted by Crippen LogP contribution is -2.30. The van der Waals surface area contributed by atoms with Crippen LogP contribution in [0.3, 0.4) is 0 Å². The maximum absolute atomic E-state index is 12.5. The fourth-order valence-electron chi connectivity index (χ4n) is 4.79. The molecule has 3 aliphatic rings. The number of aliphatic hydroxyl groups is 1. The first-order valence-corrected chi connectivity index (χ1v) is 12.2. The zero-order valence-electron chi connectivity index (χ0n) is 20.2. The summed E-state index contributed by atoms with van der Waals surface area (Å²) in [5.41, 5.74) is 0.984. The Morgan fingerprint density at radius 3 is 2.82 bits per heavy atom. The summed E-state index contributed by atoms with van der Waals surface area (Å²) in [7, 11) is 1.56. The van der Waals surface area contributed by atoms with Crippen molar-refractivity contribution in [2.24, 2.45) is 11.8 Å². The molecule has 2 bridgehead atoms. The third-order valence-corrected chi connectivity index (χ3v) is 6.48. The van der Waals surface area contributed by atoms with E-state index in [9.17, 15) is 14.7 Å². The van der Waals surface area contributed by atoms with Gasteiger partial charge in [0.15, 0.2) is 0 Å². The molecule has 5 unspecified atom stereocenters. The van der Waals surface area contributed by atoms with E-state index < -0.39 is 24.1 Å². The molecule has 0 amide bonds. The molecular formula is C27H38O7. The van der Waals surface area contributed by atoms with E-state index in [2.05, 4.69) is 19.6 Å². The van der Waals surface area contributed by atoms with E-state index in [-0.39, 0.29) is 24.4 Å². The molecular weight excluding hydrogens is 436 g/mol. The van der Waals surface area contributed by atoms with Gasteiger partial charge >= 0.3 is 5.97 Å². The molecule has 34 heavy (non-hydrogen) atoms. The fourth-order valence-corrected chi connectivity index (χ4v) is 4.79. The van der Waals surface area contributed by atoms with Gasteiger partial charge in [-0.3, -0.25) is 0 Å². The Labute approximate surface area is 202 Å². The van der Waals surface area contributed by atoms with Gasteiger partial charge in [-0.2, -0.15) is 0 Å². The molecule has 0 aromatic carbocycles. The highest BCUT2D eigenvalue weighted by atomic mass is 16.6.